The molecule has 2 aromatic carbocycles. The van der Waals surface area contributed by atoms with Crippen molar-refractivity contribution in [2.24, 2.45) is 7.05 Å². The number of H-pyrrole nitrogens is 1. The van der Waals surface area contributed by atoms with Gasteiger partial charge in [0.15, 0.2) is 0 Å². The van der Waals surface area contributed by atoms with Crippen molar-refractivity contribution < 1.29 is 9.53 Å². The SMILES string of the molecule is COc1ccc2c(c1)c(C(=O)NCCc1c[nH]c3ccccc13)cn2C. The Hall–Kier alpha value is -3.21. The number of para-hydroxylation sites is 1. The summed E-state index contributed by atoms with van der Waals surface area (Å²) in [6.07, 6.45) is 4.66. The van der Waals surface area contributed by atoms with E-state index in [0.717, 1.165) is 28.6 Å². The van der Waals surface area contributed by atoms with Crippen LogP contribution in [0.15, 0.2) is 54.9 Å². The molecule has 0 saturated heterocycles. The van der Waals surface area contributed by atoms with Gasteiger partial charge in [0.05, 0.1) is 12.7 Å². The summed E-state index contributed by atoms with van der Waals surface area (Å²) in [5, 5.41) is 5.14. The minimum absolute atomic E-state index is 0.0660. The Bertz CT molecular complexity index is 1090. The van der Waals surface area contributed by atoms with Gasteiger partial charge in [0.25, 0.3) is 5.91 Å². The molecule has 5 heteroatoms. The van der Waals surface area contributed by atoms with Gasteiger partial charge < -0.3 is 19.6 Å². The van der Waals surface area contributed by atoms with Crippen molar-refractivity contribution in [3.63, 3.8) is 0 Å². The second kappa shape index (κ2) is 6.59. The molecule has 0 atom stereocenters. The van der Waals surface area contributed by atoms with Crippen LogP contribution in [-0.2, 0) is 13.5 Å². The van der Waals surface area contributed by atoms with Gasteiger partial charge in [-0.1, -0.05) is 18.2 Å². The summed E-state index contributed by atoms with van der Waals surface area (Å²) in [6.45, 7) is 0.584. The number of nitrogens with one attached hydrogen (secondary N) is 2. The standard InChI is InChI=1S/C21H21N3O2/c1-24-13-18(17-11-15(26-2)7-8-20(17)24)21(25)22-10-9-14-12-23-19-6-4-3-5-16(14)19/h3-8,11-13,23H,9-10H2,1-2H3,(H,22,25). The highest BCUT2D eigenvalue weighted by Crippen LogP contribution is 2.25. The number of rotatable bonds is 5. The highest BCUT2D eigenvalue weighted by molar-refractivity contribution is 6.07. The Kier molecular flexibility index (Phi) is 4.13. The molecule has 2 N–H and O–H groups in total. The lowest BCUT2D eigenvalue weighted by atomic mass is 10.1. The highest BCUT2D eigenvalue weighted by atomic mass is 16.5. The number of benzene rings is 2. The fourth-order valence-corrected chi connectivity index (χ4v) is 3.42. The minimum Gasteiger partial charge on any atom is -0.497 e. The lowest BCUT2D eigenvalue weighted by Gasteiger charge is -2.05. The Morgan fingerprint density at radius 2 is 2.04 bits per heavy atom. The van der Waals surface area contributed by atoms with E-state index in [1.807, 2.05) is 54.3 Å². The van der Waals surface area contributed by atoms with E-state index >= 15 is 0 Å². The molecule has 0 fully saturated rings. The number of amides is 1. The third-order valence-corrected chi connectivity index (χ3v) is 4.80. The number of ether oxygens (including phenoxy) is 1. The van der Waals surface area contributed by atoms with Crippen LogP contribution in [0.1, 0.15) is 15.9 Å². The molecule has 4 aromatic rings. The smallest absolute Gasteiger partial charge is 0.253 e. The average Bonchev–Trinajstić information content (AvgIpc) is 3.23. The van der Waals surface area contributed by atoms with Crippen LogP contribution in [0.3, 0.4) is 0 Å². The molecule has 0 saturated carbocycles. The largest absolute Gasteiger partial charge is 0.497 e. The summed E-state index contributed by atoms with van der Waals surface area (Å²) in [6, 6.07) is 14.0. The van der Waals surface area contributed by atoms with Crippen LogP contribution < -0.4 is 10.1 Å². The molecule has 0 unspecified atom stereocenters. The molecule has 0 spiro atoms. The van der Waals surface area contributed by atoms with E-state index in [1.165, 1.54) is 10.9 Å². The molecule has 26 heavy (non-hydrogen) atoms. The Morgan fingerprint density at radius 3 is 2.88 bits per heavy atom. The van der Waals surface area contributed by atoms with E-state index in [9.17, 15) is 4.79 Å². The summed E-state index contributed by atoms with van der Waals surface area (Å²) < 4.78 is 7.25. The predicted molar refractivity (Wildman–Crippen MR) is 104 cm³/mol. The van der Waals surface area contributed by atoms with Crippen molar-refractivity contribution in [1.29, 1.82) is 0 Å². The lowest BCUT2D eigenvalue weighted by molar-refractivity contribution is 0.0955. The van der Waals surface area contributed by atoms with Gasteiger partial charge in [0.1, 0.15) is 5.75 Å². The van der Waals surface area contributed by atoms with Gasteiger partial charge in [0, 0.05) is 47.8 Å². The van der Waals surface area contributed by atoms with Crippen molar-refractivity contribution in [2.45, 2.75) is 6.42 Å². The van der Waals surface area contributed by atoms with Crippen LogP contribution in [0.2, 0.25) is 0 Å². The zero-order valence-corrected chi connectivity index (χ0v) is 14.9. The fraction of sp³-hybridized carbons (Fsp3) is 0.190. The van der Waals surface area contributed by atoms with Crippen LogP contribution in [-0.4, -0.2) is 29.1 Å². The number of aromatic amines is 1. The van der Waals surface area contributed by atoms with Gasteiger partial charge in [-0.3, -0.25) is 4.79 Å². The van der Waals surface area contributed by atoms with E-state index in [4.69, 9.17) is 4.74 Å². The van der Waals surface area contributed by atoms with Crippen LogP contribution in [0, 0.1) is 0 Å². The first-order chi connectivity index (χ1) is 12.7. The van der Waals surface area contributed by atoms with Gasteiger partial charge in [-0.05, 0) is 36.2 Å². The maximum absolute atomic E-state index is 12.7. The molecule has 0 radical (unpaired) electrons. The van der Waals surface area contributed by atoms with Crippen LogP contribution in [0.4, 0.5) is 0 Å². The highest BCUT2D eigenvalue weighted by Gasteiger charge is 2.14. The van der Waals surface area contributed by atoms with Gasteiger partial charge in [-0.25, -0.2) is 0 Å². The van der Waals surface area contributed by atoms with Gasteiger partial charge in [-0.2, -0.15) is 0 Å². The molecule has 2 heterocycles. The molecule has 4 rings (SSSR count). The molecule has 132 valence electrons. The molecule has 0 bridgehead atoms. The Morgan fingerprint density at radius 1 is 1.19 bits per heavy atom. The number of aryl methyl sites for hydroxylation is 1. The number of carbonyl (C=O) groups is 1. The number of hydrogen-bond donors (Lipinski definition) is 2. The first kappa shape index (κ1) is 16.3. The van der Waals surface area contributed by atoms with E-state index < -0.39 is 0 Å². The number of methoxy groups -OCH3 is 1. The summed E-state index contributed by atoms with van der Waals surface area (Å²) in [5.74, 6) is 0.681. The fourth-order valence-electron chi connectivity index (χ4n) is 3.42. The van der Waals surface area contributed by atoms with Gasteiger partial charge in [0.2, 0.25) is 0 Å². The number of hydrogen-bond acceptors (Lipinski definition) is 2. The van der Waals surface area contributed by atoms with E-state index in [2.05, 4.69) is 22.4 Å². The number of aromatic nitrogens is 2. The van der Waals surface area contributed by atoms with Gasteiger partial charge in [-0.15, -0.1) is 0 Å². The summed E-state index contributed by atoms with van der Waals surface area (Å²) >= 11 is 0. The molecule has 0 aliphatic rings. The predicted octanol–water partition coefficient (Wildman–Crippen LogP) is 3.64. The molecular formula is C21H21N3O2. The summed E-state index contributed by atoms with van der Waals surface area (Å²) in [7, 11) is 3.57. The Labute approximate surface area is 151 Å². The molecule has 0 aliphatic heterocycles. The second-order valence-corrected chi connectivity index (χ2v) is 6.40. The maximum atomic E-state index is 12.7. The molecule has 2 aromatic heterocycles. The van der Waals surface area contributed by atoms with Crippen molar-refractivity contribution in [3.05, 3.63) is 66.0 Å². The van der Waals surface area contributed by atoms with E-state index in [-0.39, 0.29) is 5.91 Å². The summed E-state index contributed by atoms with van der Waals surface area (Å²) in [4.78, 5) is 16.0. The lowest BCUT2D eigenvalue weighted by Crippen LogP contribution is -2.25. The zero-order valence-electron chi connectivity index (χ0n) is 14.9. The first-order valence-corrected chi connectivity index (χ1v) is 8.63. The van der Waals surface area contributed by atoms with Gasteiger partial charge >= 0.3 is 0 Å². The molecule has 1 amide bonds. The second-order valence-electron chi connectivity index (χ2n) is 6.40. The number of carbonyl (C=O) groups excluding carboxylic acids is 1. The topological polar surface area (TPSA) is 59.0 Å². The third-order valence-electron chi connectivity index (χ3n) is 4.80. The van der Waals surface area contributed by atoms with E-state index in [0.29, 0.717) is 12.1 Å². The van der Waals surface area contributed by atoms with Crippen molar-refractivity contribution in [3.8, 4) is 5.75 Å². The first-order valence-electron chi connectivity index (χ1n) is 8.63. The molecule has 5 nitrogen and oxygen atoms in total. The number of nitrogens with zero attached hydrogens (tertiary/aromatic N) is 1. The summed E-state index contributed by atoms with van der Waals surface area (Å²) in [5.41, 5.74) is 4.00. The van der Waals surface area contributed by atoms with E-state index in [1.54, 1.807) is 7.11 Å². The average molecular weight is 347 g/mol. The zero-order chi connectivity index (χ0) is 18.1. The normalized spacial score (nSPS) is 11.2. The maximum Gasteiger partial charge on any atom is 0.253 e. The van der Waals surface area contributed by atoms with Crippen molar-refractivity contribution in [1.82, 2.24) is 14.9 Å². The quantitative estimate of drug-likeness (QED) is 0.579. The van der Waals surface area contributed by atoms with Crippen molar-refractivity contribution in [2.75, 3.05) is 13.7 Å². The number of fused-ring (bicyclic) bond motifs is 2. The van der Waals surface area contributed by atoms with Crippen LogP contribution in [0.25, 0.3) is 21.8 Å². The van der Waals surface area contributed by atoms with Crippen molar-refractivity contribution >= 4 is 27.7 Å². The van der Waals surface area contributed by atoms with Crippen LogP contribution >= 0.6 is 0 Å². The van der Waals surface area contributed by atoms with Crippen LogP contribution in [0.5, 0.6) is 5.75 Å². The third kappa shape index (κ3) is 2.81. The monoisotopic (exact) mass is 347 g/mol. The Balaban J connectivity index is 1.51. The minimum atomic E-state index is -0.0660. The molecule has 0 aliphatic carbocycles. The molecular weight excluding hydrogens is 326 g/mol.